The number of primary amides is 1. The Labute approximate surface area is 173 Å². The minimum Gasteiger partial charge on any atom is -0.506 e. The van der Waals surface area contributed by atoms with E-state index >= 15 is 0 Å². The first-order valence-corrected chi connectivity index (χ1v) is 10.9. The predicted octanol–water partition coefficient (Wildman–Crippen LogP) is 4.11. The molecule has 9 heteroatoms. The average Bonchev–Trinajstić information content (AvgIpc) is 3.05. The summed E-state index contributed by atoms with van der Waals surface area (Å²) >= 11 is 5.88. The second-order valence-electron chi connectivity index (χ2n) is 7.10. The number of hydrogen-bond acceptors (Lipinski definition) is 4. The van der Waals surface area contributed by atoms with Gasteiger partial charge >= 0.3 is 0 Å². The maximum absolute atomic E-state index is 12.9. The van der Waals surface area contributed by atoms with Gasteiger partial charge in [0.1, 0.15) is 5.75 Å². The quantitative estimate of drug-likeness (QED) is 0.464. The highest BCUT2D eigenvalue weighted by Crippen LogP contribution is 2.33. The number of amides is 1. The topological polar surface area (TPSA) is 125 Å². The van der Waals surface area contributed by atoms with Gasteiger partial charge in [-0.3, -0.25) is 9.52 Å². The maximum Gasteiger partial charge on any atom is 0.261 e. The summed E-state index contributed by atoms with van der Waals surface area (Å²) in [6.45, 7) is 6.10. The Hall–Kier alpha value is -2.71. The summed E-state index contributed by atoms with van der Waals surface area (Å²) in [5.74, 6) is -1.37. The molecule has 1 amide bonds. The van der Waals surface area contributed by atoms with Crippen molar-refractivity contribution in [1.82, 2.24) is 4.98 Å². The van der Waals surface area contributed by atoms with Crippen molar-refractivity contribution in [2.24, 2.45) is 5.73 Å². The number of aromatic amines is 1. The molecule has 1 aromatic heterocycles. The minimum atomic E-state index is -4.09. The van der Waals surface area contributed by atoms with Crippen LogP contribution >= 0.6 is 11.6 Å². The van der Waals surface area contributed by atoms with E-state index in [1.807, 2.05) is 20.8 Å². The number of hydrogen-bond donors (Lipinski definition) is 4. The maximum atomic E-state index is 12.9. The molecule has 7 nitrogen and oxygen atoms in total. The van der Waals surface area contributed by atoms with E-state index in [1.165, 1.54) is 0 Å². The molecule has 0 aliphatic rings. The summed E-state index contributed by atoms with van der Waals surface area (Å²) in [6.07, 6.45) is 0.829. The molecule has 5 N–H and O–H groups in total. The fourth-order valence-electron chi connectivity index (χ4n) is 3.18. The minimum absolute atomic E-state index is 0.173. The van der Waals surface area contributed by atoms with Gasteiger partial charge in [0, 0.05) is 16.6 Å². The van der Waals surface area contributed by atoms with Crippen LogP contribution in [0, 0.1) is 0 Å². The number of halogens is 1. The van der Waals surface area contributed by atoms with Crippen molar-refractivity contribution in [3.05, 3.63) is 52.2 Å². The van der Waals surface area contributed by atoms with Crippen LogP contribution in [0.5, 0.6) is 5.75 Å². The van der Waals surface area contributed by atoms with Crippen molar-refractivity contribution < 1.29 is 18.3 Å². The number of carbonyl (C=O) groups excluding carboxylic acids is 1. The van der Waals surface area contributed by atoms with Gasteiger partial charge in [-0.05, 0) is 48.2 Å². The number of aryl methyl sites for hydroxylation is 1. The highest BCUT2D eigenvalue weighted by molar-refractivity contribution is 7.92. The second kappa shape index (κ2) is 7.61. The second-order valence-corrected chi connectivity index (χ2v) is 9.19. The molecule has 0 bridgehead atoms. The van der Waals surface area contributed by atoms with E-state index in [2.05, 4.69) is 15.8 Å². The molecular formula is C20H22ClN3O4S. The lowest BCUT2D eigenvalue weighted by atomic mass is 9.98. The van der Waals surface area contributed by atoms with E-state index in [0.29, 0.717) is 5.69 Å². The Balaban J connectivity index is 2.09. The van der Waals surface area contributed by atoms with Crippen LogP contribution in [0.4, 0.5) is 5.69 Å². The van der Waals surface area contributed by atoms with E-state index in [1.54, 1.807) is 12.1 Å². The van der Waals surface area contributed by atoms with Crippen molar-refractivity contribution in [3.63, 3.8) is 0 Å². The van der Waals surface area contributed by atoms with Crippen LogP contribution in [-0.4, -0.2) is 24.4 Å². The number of H-pyrrole nitrogens is 1. The Kier molecular flexibility index (Phi) is 5.51. The van der Waals surface area contributed by atoms with Gasteiger partial charge in [0.15, 0.2) is 0 Å². The third-order valence-corrected chi connectivity index (χ3v) is 6.34. The van der Waals surface area contributed by atoms with E-state index in [-0.39, 0.29) is 21.4 Å². The lowest BCUT2D eigenvalue weighted by Gasteiger charge is -2.14. The van der Waals surface area contributed by atoms with Gasteiger partial charge in [-0.2, -0.15) is 0 Å². The highest BCUT2D eigenvalue weighted by Gasteiger charge is 2.22. The van der Waals surface area contributed by atoms with Crippen molar-refractivity contribution in [2.75, 3.05) is 4.72 Å². The van der Waals surface area contributed by atoms with Crippen LogP contribution in [-0.2, 0) is 16.4 Å². The highest BCUT2D eigenvalue weighted by atomic mass is 35.5. The molecule has 0 atom stereocenters. The van der Waals surface area contributed by atoms with Crippen LogP contribution in [0.3, 0.4) is 0 Å². The standard InChI is InChI=1S/C20H22ClN3O4S/c1-4-11-5-15-14(10(2)3)6-12(7-18(15)23-11)24-29(27,28)13-8-16(20(22)26)19(25)17(21)9-13/h5-10,23-25H,4H2,1-3H3,(H2,22,26). The third kappa shape index (κ3) is 4.04. The van der Waals surface area contributed by atoms with Crippen molar-refractivity contribution in [1.29, 1.82) is 0 Å². The van der Waals surface area contributed by atoms with Gasteiger partial charge in [0.2, 0.25) is 0 Å². The molecule has 0 spiro atoms. The van der Waals surface area contributed by atoms with Gasteiger partial charge in [-0.15, -0.1) is 0 Å². The molecule has 1 heterocycles. The van der Waals surface area contributed by atoms with Crippen LogP contribution in [0.25, 0.3) is 10.9 Å². The smallest absolute Gasteiger partial charge is 0.261 e. The molecule has 0 aliphatic carbocycles. The molecule has 2 aromatic carbocycles. The normalized spacial score (nSPS) is 11.9. The molecule has 29 heavy (non-hydrogen) atoms. The van der Waals surface area contributed by atoms with Gasteiger partial charge < -0.3 is 15.8 Å². The number of sulfonamides is 1. The molecule has 3 rings (SSSR count). The summed E-state index contributed by atoms with van der Waals surface area (Å²) in [6, 6.07) is 7.64. The Morgan fingerprint density at radius 1 is 1.24 bits per heavy atom. The summed E-state index contributed by atoms with van der Waals surface area (Å²) in [5, 5.41) is 10.6. The summed E-state index contributed by atoms with van der Waals surface area (Å²) in [4.78, 5) is 14.5. The van der Waals surface area contributed by atoms with Crippen molar-refractivity contribution in [3.8, 4) is 5.75 Å². The molecule has 3 aromatic rings. The fraction of sp³-hybridized carbons (Fsp3) is 0.250. The summed E-state index contributed by atoms with van der Waals surface area (Å²) < 4.78 is 28.3. The van der Waals surface area contributed by atoms with Crippen LogP contribution in [0.2, 0.25) is 5.02 Å². The third-order valence-electron chi connectivity index (χ3n) is 4.69. The van der Waals surface area contributed by atoms with Crippen LogP contribution in [0.15, 0.2) is 35.2 Å². The molecule has 0 saturated carbocycles. The van der Waals surface area contributed by atoms with Crippen molar-refractivity contribution >= 4 is 44.1 Å². The monoisotopic (exact) mass is 435 g/mol. The number of fused-ring (bicyclic) bond motifs is 1. The number of rotatable bonds is 6. The van der Waals surface area contributed by atoms with Gasteiger partial charge in [0.05, 0.1) is 21.2 Å². The number of aromatic nitrogens is 1. The van der Waals surface area contributed by atoms with E-state index in [0.717, 1.165) is 40.7 Å². The molecule has 0 saturated heterocycles. The summed E-state index contributed by atoms with van der Waals surface area (Å²) in [5.41, 5.74) is 8.08. The number of benzene rings is 2. The molecule has 0 fully saturated rings. The SMILES string of the molecule is CCc1cc2c(C(C)C)cc(NS(=O)(=O)c3cc(Cl)c(O)c(C(N)=O)c3)cc2[nH]1. The van der Waals surface area contributed by atoms with Crippen LogP contribution < -0.4 is 10.5 Å². The number of anilines is 1. The summed E-state index contributed by atoms with van der Waals surface area (Å²) in [7, 11) is -4.09. The molecule has 0 unspecified atom stereocenters. The van der Waals surface area contributed by atoms with Gasteiger partial charge in [-0.25, -0.2) is 8.42 Å². The Morgan fingerprint density at radius 3 is 2.52 bits per heavy atom. The average molecular weight is 436 g/mol. The fourth-order valence-corrected chi connectivity index (χ4v) is 4.56. The van der Waals surface area contributed by atoms with Crippen molar-refractivity contribution in [2.45, 2.75) is 38.0 Å². The molecule has 0 radical (unpaired) electrons. The van der Waals surface area contributed by atoms with E-state index in [9.17, 15) is 18.3 Å². The number of phenols is 1. The first-order chi connectivity index (χ1) is 13.5. The van der Waals surface area contributed by atoms with Crippen LogP contribution in [0.1, 0.15) is 48.3 Å². The zero-order valence-electron chi connectivity index (χ0n) is 16.2. The predicted molar refractivity (Wildman–Crippen MR) is 114 cm³/mol. The lowest BCUT2D eigenvalue weighted by molar-refractivity contribution is 0.0997. The van der Waals surface area contributed by atoms with E-state index < -0.39 is 21.7 Å². The van der Waals surface area contributed by atoms with Gasteiger partial charge in [-0.1, -0.05) is 32.4 Å². The molecule has 154 valence electrons. The first kappa shape index (κ1) is 21.0. The number of nitrogens with two attached hydrogens (primary N) is 1. The Bertz CT molecular complexity index is 1220. The molecular weight excluding hydrogens is 414 g/mol. The zero-order chi connectivity index (χ0) is 21.5. The van der Waals surface area contributed by atoms with E-state index in [4.69, 9.17) is 17.3 Å². The largest absolute Gasteiger partial charge is 0.506 e. The first-order valence-electron chi connectivity index (χ1n) is 9.04. The zero-order valence-corrected chi connectivity index (χ0v) is 17.8. The number of nitrogens with one attached hydrogen (secondary N) is 2. The number of carbonyl (C=O) groups is 1. The number of aromatic hydroxyl groups is 1. The van der Waals surface area contributed by atoms with Gasteiger partial charge in [0.25, 0.3) is 15.9 Å². The molecule has 0 aliphatic heterocycles. The lowest BCUT2D eigenvalue weighted by Crippen LogP contribution is -2.16. The Morgan fingerprint density at radius 2 is 1.93 bits per heavy atom.